The number of hydrogen-bond donors (Lipinski definition) is 4. The van der Waals surface area contributed by atoms with Crippen LogP contribution in [0.4, 0.5) is 0 Å². The van der Waals surface area contributed by atoms with Crippen LogP contribution in [0.25, 0.3) is 0 Å². The molecule has 1 aliphatic rings. The summed E-state index contributed by atoms with van der Waals surface area (Å²) in [5, 5.41) is 30.5. The van der Waals surface area contributed by atoms with Crippen LogP contribution >= 0.6 is 0 Å². The Balaban J connectivity index is 1.73. The van der Waals surface area contributed by atoms with Gasteiger partial charge >= 0.3 is 5.69 Å². The molecule has 1 saturated heterocycles. The summed E-state index contributed by atoms with van der Waals surface area (Å²) in [6, 6.07) is 1.18. The molecular formula is C25H44N2O6. The number of rotatable bonds is 17. The Kier molecular flexibility index (Phi) is 12.4. The maximum Gasteiger partial charge on any atom is 0.330 e. The van der Waals surface area contributed by atoms with E-state index in [9.17, 15) is 24.9 Å². The fourth-order valence-corrected chi connectivity index (χ4v) is 4.83. The zero-order chi connectivity index (χ0) is 24.1. The van der Waals surface area contributed by atoms with E-state index < -0.39 is 41.9 Å². The molecule has 190 valence electrons. The van der Waals surface area contributed by atoms with Gasteiger partial charge in [0.2, 0.25) is 0 Å². The summed E-state index contributed by atoms with van der Waals surface area (Å²) in [6.45, 7) is 1.77. The normalized spacial score (nSPS) is 25.0. The molecule has 4 atom stereocenters. The SMILES string of the molecule is CCCCCCCCCCCCCCCC[C@@]1(n2ccc(=O)[nH]c2=O)O[C@H](CO)[C@@H](O)[C@H]1O. The molecule has 33 heavy (non-hydrogen) atoms. The van der Waals surface area contributed by atoms with Crippen LogP contribution in [0.15, 0.2) is 21.9 Å². The van der Waals surface area contributed by atoms with Gasteiger partial charge in [-0.05, 0) is 12.8 Å². The van der Waals surface area contributed by atoms with Crippen molar-refractivity contribution in [3.8, 4) is 0 Å². The van der Waals surface area contributed by atoms with Gasteiger partial charge in [0.1, 0.15) is 18.3 Å². The predicted molar refractivity (Wildman–Crippen MR) is 128 cm³/mol. The first-order valence-electron chi connectivity index (χ1n) is 12.9. The fourth-order valence-electron chi connectivity index (χ4n) is 4.83. The van der Waals surface area contributed by atoms with Crippen molar-refractivity contribution in [1.29, 1.82) is 0 Å². The van der Waals surface area contributed by atoms with E-state index in [-0.39, 0.29) is 0 Å². The minimum absolute atomic E-state index is 0.297. The number of ether oxygens (including phenoxy) is 1. The molecule has 0 spiro atoms. The summed E-state index contributed by atoms with van der Waals surface area (Å²) in [5.74, 6) is 0. The van der Waals surface area contributed by atoms with E-state index in [1.807, 2.05) is 0 Å². The lowest BCUT2D eigenvalue weighted by Gasteiger charge is -2.34. The van der Waals surface area contributed by atoms with Gasteiger partial charge in [-0.2, -0.15) is 0 Å². The quantitative estimate of drug-likeness (QED) is 0.260. The van der Waals surface area contributed by atoms with E-state index in [2.05, 4.69) is 11.9 Å². The van der Waals surface area contributed by atoms with Gasteiger partial charge in [0.15, 0.2) is 5.72 Å². The zero-order valence-electron chi connectivity index (χ0n) is 20.2. The third-order valence-corrected chi connectivity index (χ3v) is 6.82. The number of aliphatic hydroxyl groups is 3. The lowest BCUT2D eigenvalue weighted by Crippen LogP contribution is -2.51. The van der Waals surface area contributed by atoms with Crippen molar-refractivity contribution < 1.29 is 20.1 Å². The number of aliphatic hydroxyl groups excluding tert-OH is 3. The van der Waals surface area contributed by atoms with Gasteiger partial charge in [-0.3, -0.25) is 14.3 Å². The summed E-state index contributed by atoms with van der Waals surface area (Å²) in [5.41, 5.74) is -2.77. The summed E-state index contributed by atoms with van der Waals surface area (Å²) in [6.07, 6.45) is 14.9. The second-order valence-corrected chi connectivity index (χ2v) is 9.45. The lowest BCUT2D eigenvalue weighted by atomic mass is 9.95. The first kappa shape index (κ1) is 27.8. The highest BCUT2D eigenvalue weighted by molar-refractivity contribution is 5.01. The fraction of sp³-hybridized carbons (Fsp3) is 0.840. The van der Waals surface area contributed by atoms with Gasteiger partial charge in [0.05, 0.1) is 6.61 Å². The third-order valence-electron chi connectivity index (χ3n) is 6.82. The second kappa shape index (κ2) is 14.7. The molecule has 0 saturated carbocycles. The number of nitrogens with zero attached hydrogens (tertiary/aromatic N) is 1. The largest absolute Gasteiger partial charge is 0.394 e. The van der Waals surface area contributed by atoms with Crippen LogP contribution in [-0.4, -0.2) is 49.8 Å². The number of aromatic amines is 1. The molecule has 1 aliphatic heterocycles. The zero-order valence-corrected chi connectivity index (χ0v) is 20.2. The topological polar surface area (TPSA) is 125 Å². The summed E-state index contributed by atoms with van der Waals surface area (Å²) in [4.78, 5) is 26.0. The van der Waals surface area contributed by atoms with E-state index in [1.165, 1.54) is 76.5 Å². The Morgan fingerprint density at radius 3 is 1.88 bits per heavy atom. The smallest absolute Gasteiger partial charge is 0.330 e. The summed E-state index contributed by atoms with van der Waals surface area (Å²) < 4.78 is 6.97. The minimum Gasteiger partial charge on any atom is -0.394 e. The van der Waals surface area contributed by atoms with Crippen LogP contribution in [0.2, 0.25) is 0 Å². The molecule has 0 radical (unpaired) electrons. The van der Waals surface area contributed by atoms with Crippen LogP contribution in [0.5, 0.6) is 0 Å². The molecule has 0 aliphatic carbocycles. The average Bonchev–Trinajstić information content (AvgIpc) is 3.04. The van der Waals surface area contributed by atoms with Crippen molar-refractivity contribution >= 4 is 0 Å². The van der Waals surface area contributed by atoms with E-state index in [0.29, 0.717) is 12.8 Å². The van der Waals surface area contributed by atoms with Gasteiger partial charge in [-0.25, -0.2) is 4.79 Å². The predicted octanol–water partition coefficient (Wildman–Crippen LogP) is 3.17. The lowest BCUT2D eigenvalue weighted by molar-refractivity contribution is -0.156. The molecule has 0 amide bonds. The van der Waals surface area contributed by atoms with Crippen molar-refractivity contribution in [1.82, 2.24) is 9.55 Å². The Labute approximate surface area is 197 Å². The van der Waals surface area contributed by atoms with Crippen LogP contribution in [0, 0.1) is 0 Å². The standard InChI is InChI=1S/C25H44N2O6/c1-2-3-4-5-6-7-8-9-10-11-12-13-14-15-17-25(23(31)22(30)20(19-28)33-25)27-18-16-21(29)26-24(27)32/h16,18,20,22-23,28,30-31H,2-15,17,19H2,1H3,(H,26,29,32)/t20-,22-,23-,25-/m1/s1. The summed E-state index contributed by atoms with van der Waals surface area (Å²) in [7, 11) is 0. The van der Waals surface area contributed by atoms with Crippen molar-refractivity contribution in [2.75, 3.05) is 6.61 Å². The van der Waals surface area contributed by atoms with Gasteiger partial charge in [0.25, 0.3) is 5.56 Å². The Morgan fingerprint density at radius 2 is 1.42 bits per heavy atom. The highest BCUT2D eigenvalue weighted by atomic mass is 16.6. The van der Waals surface area contributed by atoms with Gasteiger partial charge in [0, 0.05) is 12.3 Å². The third kappa shape index (κ3) is 8.05. The van der Waals surface area contributed by atoms with Crippen LogP contribution in [0.3, 0.4) is 0 Å². The number of hydrogen-bond acceptors (Lipinski definition) is 6. The maximum atomic E-state index is 12.4. The molecule has 2 rings (SSSR count). The van der Waals surface area contributed by atoms with E-state index >= 15 is 0 Å². The molecule has 4 N–H and O–H groups in total. The molecule has 0 aromatic carbocycles. The summed E-state index contributed by atoms with van der Waals surface area (Å²) >= 11 is 0. The second-order valence-electron chi connectivity index (χ2n) is 9.45. The average molecular weight is 469 g/mol. The van der Waals surface area contributed by atoms with Crippen LogP contribution in [0.1, 0.15) is 103 Å². The molecule has 0 bridgehead atoms. The van der Waals surface area contributed by atoms with Crippen molar-refractivity contribution in [3.05, 3.63) is 33.1 Å². The van der Waals surface area contributed by atoms with E-state index in [4.69, 9.17) is 4.74 Å². The molecule has 8 nitrogen and oxygen atoms in total. The molecule has 1 aromatic rings. The molecule has 1 fully saturated rings. The molecule has 8 heteroatoms. The van der Waals surface area contributed by atoms with Crippen LogP contribution < -0.4 is 11.2 Å². The number of H-pyrrole nitrogens is 1. The number of nitrogens with one attached hydrogen (secondary N) is 1. The van der Waals surface area contributed by atoms with E-state index in [1.54, 1.807) is 0 Å². The van der Waals surface area contributed by atoms with Crippen LogP contribution in [-0.2, 0) is 10.5 Å². The van der Waals surface area contributed by atoms with Gasteiger partial charge < -0.3 is 20.1 Å². The molecule has 1 aromatic heterocycles. The first-order valence-corrected chi connectivity index (χ1v) is 12.9. The molecule has 0 unspecified atom stereocenters. The van der Waals surface area contributed by atoms with Crippen molar-refractivity contribution in [2.24, 2.45) is 0 Å². The Morgan fingerprint density at radius 1 is 0.909 bits per heavy atom. The van der Waals surface area contributed by atoms with Crippen molar-refractivity contribution in [3.63, 3.8) is 0 Å². The minimum atomic E-state index is -1.51. The maximum absolute atomic E-state index is 12.4. The van der Waals surface area contributed by atoms with E-state index in [0.717, 1.165) is 23.8 Å². The highest BCUT2D eigenvalue weighted by Crippen LogP contribution is 2.39. The Bertz CT molecular complexity index is 779. The van der Waals surface area contributed by atoms with Gasteiger partial charge in [-0.15, -0.1) is 0 Å². The molecular weight excluding hydrogens is 424 g/mol. The number of aromatic nitrogens is 2. The monoisotopic (exact) mass is 468 g/mol. The highest BCUT2D eigenvalue weighted by Gasteiger charge is 2.55. The molecule has 2 heterocycles. The van der Waals surface area contributed by atoms with Gasteiger partial charge in [-0.1, -0.05) is 90.4 Å². The first-order chi connectivity index (χ1) is 16.0. The Hall–Kier alpha value is -1.48. The van der Waals surface area contributed by atoms with Crippen molar-refractivity contribution in [2.45, 2.75) is 127 Å². The number of unbranched alkanes of at least 4 members (excludes halogenated alkanes) is 13.